The molecule has 39 heavy (non-hydrogen) atoms. The van der Waals surface area contributed by atoms with Gasteiger partial charge in [-0.25, -0.2) is 9.78 Å². The third kappa shape index (κ3) is 5.00. The van der Waals surface area contributed by atoms with E-state index in [2.05, 4.69) is 73.4 Å². The van der Waals surface area contributed by atoms with Crippen molar-refractivity contribution >= 4 is 45.4 Å². The first-order valence-corrected chi connectivity index (χ1v) is 15.8. The Balaban J connectivity index is 0.00000353. The summed E-state index contributed by atoms with van der Waals surface area (Å²) in [5.74, 6) is -0.424. The molecular weight excluding hydrogens is 591 g/mol. The SMILES string of the molecule is CCOC(=O)c1sc2nc(-c3ccccc3[P+](C)(c3ccccc3)c3ccccc3)c(CC)c(=O)n2c1C.[Br-]. The molecule has 0 aliphatic rings. The second-order valence-corrected chi connectivity index (χ2v) is 13.7. The van der Waals surface area contributed by atoms with Gasteiger partial charge in [-0.15, -0.1) is 0 Å². The van der Waals surface area contributed by atoms with Crippen LogP contribution in [0.4, 0.5) is 0 Å². The van der Waals surface area contributed by atoms with E-state index in [9.17, 15) is 9.59 Å². The molecule has 0 fully saturated rings. The zero-order chi connectivity index (χ0) is 26.9. The van der Waals surface area contributed by atoms with Gasteiger partial charge in [0.15, 0.2) is 4.96 Å². The maximum absolute atomic E-state index is 13.9. The highest BCUT2D eigenvalue weighted by Crippen LogP contribution is 2.53. The van der Waals surface area contributed by atoms with Crippen molar-refractivity contribution in [1.29, 1.82) is 0 Å². The van der Waals surface area contributed by atoms with Crippen molar-refractivity contribution in [2.45, 2.75) is 27.2 Å². The van der Waals surface area contributed by atoms with Gasteiger partial charge in [0.25, 0.3) is 5.56 Å². The van der Waals surface area contributed by atoms with Crippen molar-refractivity contribution in [2.24, 2.45) is 0 Å². The molecule has 8 heteroatoms. The highest BCUT2D eigenvalue weighted by atomic mass is 79.9. The number of fused-ring (bicyclic) bond motifs is 1. The van der Waals surface area contributed by atoms with Crippen LogP contribution in [-0.4, -0.2) is 28.6 Å². The Morgan fingerprint density at radius 2 is 1.49 bits per heavy atom. The topological polar surface area (TPSA) is 60.7 Å². The summed E-state index contributed by atoms with van der Waals surface area (Å²) in [6.07, 6.45) is 0.522. The Kier molecular flexibility index (Phi) is 8.85. The van der Waals surface area contributed by atoms with E-state index >= 15 is 0 Å². The number of hydrogen-bond donors (Lipinski definition) is 0. The third-order valence-electron chi connectivity index (χ3n) is 7.00. The van der Waals surface area contributed by atoms with Gasteiger partial charge in [0.05, 0.1) is 24.7 Å². The predicted molar refractivity (Wildman–Crippen MR) is 159 cm³/mol. The van der Waals surface area contributed by atoms with Gasteiger partial charge in [-0.3, -0.25) is 9.20 Å². The van der Waals surface area contributed by atoms with Crippen LogP contribution < -0.4 is 38.5 Å². The largest absolute Gasteiger partial charge is 1.00 e. The van der Waals surface area contributed by atoms with E-state index in [1.807, 2.05) is 25.1 Å². The van der Waals surface area contributed by atoms with Crippen LogP contribution in [0.3, 0.4) is 0 Å². The molecule has 5 aromatic rings. The lowest BCUT2D eigenvalue weighted by Crippen LogP contribution is -3.00. The van der Waals surface area contributed by atoms with E-state index in [1.54, 1.807) is 18.2 Å². The lowest BCUT2D eigenvalue weighted by atomic mass is 10.1. The van der Waals surface area contributed by atoms with Gasteiger partial charge in [0.2, 0.25) is 0 Å². The molecule has 2 aromatic heterocycles. The molecule has 0 spiro atoms. The number of ether oxygens (including phenoxy) is 1. The number of halogens is 1. The van der Waals surface area contributed by atoms with E-state index in [1.165, 1.54) is 27.3 Å². The molecule has 0 atom stereocenters. The number of benzene rings is 3. The Hall–Kier alpha value is -3.12. The molecule has 5 rings (SSSR count). The van der Waals surface area contributed by atoms with Crippen LogP contribution in [-0.2, 0) is 11.2 Å². The summed E-state index contributed by atoms with van der Waals surface area (Å²) < 4.78 is 6.80. The van der Waals surface area contributed by atoms with E-state index in [-0.39, 0.29) is 29.1 Å². The van der Waals surface area contributed by atoms with Crippen LogP contribution in [0.25, 0.3) is 16.2 Å². The fourth-order valence-corrected chi connectivity index (χ4v) is 9.49. The van der Waals surface area contributed by atoms with Gasteiger partial charge in [-0.1, -0.05) is 66.8 Å². The summed E-state index contributed by atoms with van der Waals surface area (Å²) in [5, 5.41) is 3.68. The number of aromatic nitrogens is 2. The van der Waals surface area contributed by atoms with E-state index in [4.69, 9.17) is 9.72 Å². The standard InChI is InChI=1S/C31H30N2O3PS.BrH/c1-5-24-27(32-31-33(29(24)34)21(3)28(38-31)30(35)36-6-2)25-19-13-14-20-26(25)37(4,22-15-9-7-10-16-22)23-17-11-8-12-18-23;/h7-20H,5-6H2,1-4H3;1H/q+1;/p-1. The van der Waals surface area contributed by atoms with Crippen LogP contribution in [0.1, 0.15) is 34.8 Å². The zero-order valence-corrected chi connectivity index (χ0v) is 25.6. The molecule has 0 radical (unpaired) electrons. The van der Waals surface area contributed by atoms with Crippen molar-refractivity contribution in [3.8, 4) is 11.3 Å². The second-order valence-electron chi connectivity index (χ2n) is 9.15. The average molecular weight is 622 g/mol. The number of esters is 1. The maximum Gasteiger partial charge on any atom is 0.350 e. The van der Waals surface area contributed by atoms with E-state index in [0.717, 1.165) is 5.56 Å². The van der Waals surface area contributed by atoms with Crippen LogP contribution in [0.5, 0.6) is 0 Å². The van der Waals surface area contributed by atoms with Crippen molar-refractivity contribution in [2.75, 3.05) is 13.3 Å². The molecule has 5 nitrogen and oxygen atoms in total. The summed E-state index contributed by atoms with van der Waals surface area (Å²) in [4.78, 5) is 32.4. The Morgan fingerprint density at radius 1 is 0.923 bits per heavy atom. The molecule has 0 bridgehead atoms. The third-order valence-corrected chi connectivity index (χ3v) is 12.1. The maximum atomic E-state index is 13.9. The summed E-state index contributed by atoms with van der Waals surface area (Å²) in [6.45, 7) is 8.14. The molecule has 0 aliphatic carbocycles. The lowest BCUT2D eigenvalue weighted by molar-refractivity contribution is -0.0000259. The van der Waals surface area contributed by atoms with Gasteiger partial charge in [-0.2, -0.15) is 0 Å². The number of nitrogens with zero attached hydrogens (tertiary/aromatic N) is 2. The fraction of sp³-hybridized carbons (Fsp3) is 0.194. The van der Waals surface area contributed by atoms with E-state index < -0.39 is 13.2 Å². The first kappa shape index (κ1) is 28.9. The van der Waals surface area contributed by atoms with Crippen LogP contribution >= 0.6 is 18.6 Å². The molecule has 0 aliphatic heterocycles. The smallest absolute Gasteiger partial charge is 0.350 e. The first-order chi connectivity index (χ1) is 18.4. The number of carbonyl (C=O) groups is 1. The Morgan fingerprint density at radius 3 is 2.05 bits per heavy atom. The van der Waals surface area contributed by atoms with Crippen molar-refractivity contribution in [1.82, 2.24) is 9.38 Å². The molecule has 0 unspecified atom stereocenters. The van der Waals surface area contributed by atoms with Crippen molar-refractivity contribution in [3.05, 3.63) is 111 Å². The average Bonchev–Trinajstić information content (AvgIpc) is 3.30. The summed E-state index contributed by atoms with van der Waals surface area (Å²) >= 11 is 1.21. The van der Waals surface area contributed by atoms with Crippen molar-refractivity contribution in [3.63, 3.8) is 0 Å². The molecule has 2 heterocycles. The Labute approximate surface area is 243 Å². The monoisotopic (exact) mass is 620 g/mol. The number of thiazole rings is 1. The summed E-state index contributed by atoms with van der Waals surface area (Å²) in [5.41, 5.74) is 2.71. The van der Waals surface area contributed by atoms with Gasteiger partial charge in [-0.05, 0) is 56.7 Å². The quantitative estimate of drug-likeness (QED) is 0.207. The molecule has 0 saturated carbocycles. The fourth-order valence-electron chi connectivity index (χ4n) is 5.04. The van der Waals surface area contributed by atoms with Crippen LogP contribution in [0, 0.1) is 6.92 Å². The van der Waals surface area contributed by atoms with Crippen LogP contribution in [0.2, 0.25) is 0 Å². The predicted octanol–water partition coefficient (Wildman–Crippen LogP) is 2.40. The normalized spacial score (nSPS) is 11.3. The lowest BCUT2D eigenvalue weighted by Gasteiger charge is -2.25. The number of rotatable bonds is 7. The number of aryl methyl sites for hydroxylation is 1. The number of hydrogen-bond acceptors (Lipinski definition) is 5. The first-order valence-electron chi connectivity index (χ1n) is 12.7. The molecule has 0 saturated heterocycles. The molecule has 200 valence electrons. The van der Waals surface area contributed by atoms with Gasteiger partial charge < -0.3 is 21.7 Å². The minimum absolute atomic E-state index is 0. The zero-order valence-electron chi connectivity index (χ0n) is 22.3. The molecule has 3 aromatic carbocycles. The van der Waals surface area contributed by atoms with Gasteiger partial charge in [0.1, 0.15) is 28.1 Å². The molecular formula is C31H30BrN2O3PS. The molecule has 0 N–H and O–H groups in total. The van der Waals surface area contributed by atoms with Gasteiger partial charge in [0, 0.05) is 11.1 Å². The summed E-state index contributed by atoms with van der Waals surface area (Å²) in [7, 11) is -2.08. The summed E-state index contributed by atoms with van der Waals surface area (Å²) in [6, 6.07) is 29.5. The van der Waals surface area contributed by atoms with Crippen molar-refractivity contribution < 1.29 is 26.5 Å². The van der Waals surface area contributed by atoms with E-state index in [0.29, 0.717) is 33.2 Å². The highest BCUT2D eigenvalue weighted by Gasteiger charge is 2.42. The van der Waals surface area contributed by atoms with Crippen LogP contribution in [0.15, 0.2) is 89.7 Å². The minimum atomic E-state index is -2.08. The molecule has 0 amide bonds. The Bertz CT molecular complexity index is 1640. The minimum Gasteiger partial charge on any atom is -1.00 e. The number of carbonyl (C=O) groups excluding carboxylic acids is 1. The highest BCUT2D eigenvalue weighted by molar-refractivity contribution is 7.95. The van der Waals surface area contributed by atoms with Gasteiger partial charge >= 0.3 is 5.97 Å². The second kappa shape index (κ2) is 12.0.